The highest BCUT2D eigenvalue weighted by Crippen LogP contribution is 2.26. The van der Waals surface area contributed by atoms with Gasteiger partial charge in [0.1, 0.15) is 5.75 Å². The van der Waals surface area contributed by atoms with Gasteiger partial charge < -0.3 is 10.1 Å². The molecule has 26 heavy (non-hydrogen) atoms. The Morgan fingerprint density at radius 3 is 2.50 bits per heavy atom. The maximum absolute atomic E-state index is 12.3. The number of nitrogens with one attached hydrogen (secondary N) is 1. The number of piperidine rings is 1. The van der Waals surface area contributed by atoms with Gasteiger partial charge in [-0.2, -0.15) is 5.10 Å². The van der Waals surface area contributed by atoms with Gasteiger partial charge in [-0.3, -0.25) is 4.79 Å². The van der Waals surface area contributed by atoms with Crippen molar-refractivity contribution in [2.24, 2.45) is 13.0 Å². The van der Waals surface area contributed by atoms with Gasteiger partial charge in [-0.25, -0.2) is 4.68 Å². The molecule has 5 heteroatoms. The van der Waals surface area contributed by atoms with E-state index in [4.69, 9.17) is 4.74 Å². The molecule has 0 aliphatic carbocycles. The first-order valence-electron chi connectivity index (χ1n) is 9.12. The molecule has 1 N–H and O–H groups in total. The minimum absolute atomic E-state index is 0.0775. The molecule has 1 aliphatic heterocycles. The molecular weight excluding hydrogens is 326 g/mol. The van der Waals surface area contributed by atoms with Gasteiger partial charge in [-0.1, -0.05) is 18.2 Å². The standard InChI is InChI=1S/C21H23N3O2/c1-24-21(25)19-5-3-2-4-18(19)20(23-24)16-6-8-17(9-7-16)26-14-15-10-12-22-13-11-15/h2-9,15,22H,10-14H2,1H3. The molecule has 4 rings (SSSR count). The van der Waals surface area contributed by atoms with Crippen LogP contribution in [-0.4, -0.2) is 29.5 Å². The zero-order valence-electron chi connectivity index (χ0n) is 14.9. The smallest absolute Gasteiger partial charge is 0.274 e. The van der Waals surface area contributed by atoms with Crippen LogP contribution in [0.25, 0.3) is 22.0 Å². The maximum Gasteiger partial charge on any atom is 0.274 e. The van der Waals surface area contributed by atoms with Crippen molar-refractivity contribution in [2.45, 2.75) is 12.8 Å². The quantitative estimate of drug-likeness (QED) is 0.787. The maximum atomic E-state index is 12.3. The van der Waals surface area contributed by atoms with Crippen LogP contribution in [0.1, 0.15) is 12.8 Å². The summed E-state index contributed by atoms with van der Waals surface area (Å²) in [7, 11) is 1.69. The van der Waals surface area contributed by atoms with E-state index in [0.717, 1.165) is 42.1 Å². The number of fused-ring (bicyclic) bond motifs is 1. The SMILES string of the molecule is Cn1nc(-c2ccc(OCC3CCNCC3)cc2)c2ccccc2c1=O. The lowest BCUT2D eigenvalue weighted by molar-refractivity contribution is 0.215. The zero-order valence-corrected chi connectivity index (χ0v) is 14.9. The third kappa shape index (κ3) is 3.35. The first-order chi connectivity index (χ1) is 12.7. The van der Waals surface area contributed by atoms with E-state index in [2.05, 4.69) is 10.4 Å². The van der Waals surface area contributed by atoms with Crippen molar-refractivity contribution in [3.63, 3.8) is 0 Å². The summed E-state index contributed by atoms with van der Waals surface area (Å²) in [5.41, 5.74) is 1.71. The van der Waals surface area contributed by atoms with Gasteiger partial charge in [-0.15, -0.1) is 0 Å². The highest BCUT2D eigenvalue weighted by Gasteiger charge is 2.14. The molecule has 3 aromatic rings. The molecule has 0 bridgehead atoms. The molecule has 5 nitrogen and oxygen atoms in total. The van der Waals surface area contributed by atoms with E-state index in [1.54, 1.807) is 7.05 Å². The summed E-state index contributed by atoms with van der Waals surface area (Å²) in [6.45, 7) is 2.93. The number of benzene rings is 2. The van der Waals surface area contributed by atoms with Gasteiger partial charge in [0, 0.05) is 18.0 Å². The Kier molecular flexibility index (Phi) is 4.71. The van der Waals surface area contributed by atoms with E-state index in [9.17, 15) is 4.79 Å². The first kappa shape index (κ1) is 16.8. The molecule has 0 saturated carbocycles. The second-order valence-corrected chi connectivity index (χ2v) is 6.85. The summed E-state index contributed by atoms with van der Waals surface area (Å²) in [5, 5.41) is 9.41. The number of ether oxygens (including phenoxy) is 1. The molecule has 0 unspecified atom stereocenters. The van der Waals surface area contributed by atoms with Crippen molar-refractivity contribution >= 4 is 10.8 Å². The average molecular weight is 349 g/mol. The minimum Gasteiger partial charge on any atom is -0.493 e. The fourth-order valence-corrected chi connectivity index (χ4v) is 3.48. The van der Waals surface area contributed by atoms with Crippen molar-refractivity contribution in [1.82, 2.24) is 15.1 Å². The van der Waals surface area contributed by atoms with E-state index in [1.807, 2.05) is 48.5 Å². The van der Waals surface area contributed by atoms with Crippen molar-refractivity contribution in [2.75, 3.05) is 19.7 Å². The predicted molar refractivity (Wildman–Crippen MR) is 104 cm³/mol. The molecule has 0 spiro atoms. The van der Waals surface area contributed by atoms with Gasteiger partial charge in [0.25, 0.3) is 5.56 Å². The average Bonchev–Trinajstić information content (AvgIpc) is 2.70. The zero-order chi connectivity index (χ0) is 17.9. The number of hydrogen-bond donors (Lipinski definition) is 1. The van der Waals surface area contributed by atoms with Gasteiger partial charge in [0.15, 0.2) is 0 Å². The molecule has 0 radical (unpaired) electrons. The predicted octanol–water partition coefficient (Wildman–Crippen LogP) is 2.98. The lowest BCUT2D eigenvalue weighted by Crippen LogP contribution is -2.30. The second-order valence-electron chi connectivity index (χ2n) is 6.85. The summed E-state index contributed by atoms with van der Waals surface area (Å²) in [6, 6.07) is 15.6. The van der Waals surface area contributed by atoms with Crippen LogP contribution in [0.15, 0.2) is 53.3 Å². The van der Waals surface area contributed by atoms with Crippen LogP contribution in [0.3, 0.4) is 0 Å². The number of hydrogen-bond acceptors (Lipinski definition) is 4. The van der Waals surface area contributed by atoms with Crippen LogP contribution in [0.2, 0.25) is 0 Å². The Bertz CT molecular complexity index is 957. The lowest BCUT2D eigenvalue weighted by atomic mass is 9.99. The van der Waals surface area contributed by atoms with E-state index >= 15 is 0 Å². The number of nitrogens with zero attached hydrogens (tertiary/aromatic N) is 2. The topological polar surface area (TPSA) is 56.1 Å². The lowest BCUT2D eigenvalue weighted by Gasteiger charge is -2.22. The van der Waals surface area contributed by atoms with Crippen LogP contribution < -0.4 is 15.6 Å². The summed E-state index contributed by atoms with van der Waals surface area (Å²) >= 11 is 0. The molecule has 1 aliphatic rings. The molecule has 1 aromatic heterocycles. The Morgan fingerprint density at radius 1 is 1.08 bits per heavy atom. The fraction of sp³-hybridized carbons (Fsp3) is 0.333. The van der Waals surface area contributed by atoms with Gasteiger partial charge in [0.2, 0.25) is 0 Å². The van der Waals surface area contributed by atoms with Crippen LogP contribution in [-0.2, 0) is 7.05 Å². The van der Waals surface area contributed by atoms with Crippen LogP contribution in [0.4, 0.5) is 0 Å². The van der Waals surface area contributed by atoms with Crippen molar-refractivity contribution in [3.05, 3.63) is 58.9 Å². The Balaban J connectivity index is 1.58. The second kappa shape index (κ2) is 7.30. The van der Waals surface area contributed by atoms with Crippen LogP contribution >= 0.6 is 0 Å². The summed E-state index contributed by atoms with van der Waals surface area (Å²) < 4.78 is 7.37. The largest absolute Gasteiger partial charge is 0.493 e. The van der Waals surface area contributed by atoms with Gasteiger partial charge in [-0.05, 0) is 62.2 Å². The molecule has 2 heterocycles. The summed E-state index contributed by atoms with van der Waals surface area (Å²) in [5.74, 6) is 1.51. The summed E-state index contributed by atoms with van der Waals surface area (Å²) in [4.78, 5) is 12.3. The highest BCUT2D eigenvalue weighted by atomic mass is 16.5. The van der Waals surface area contributed by atoms with E-state index in [-0.39, 0.29) is 5.56 Å². The fourth-order valence-electron chi connectivity index (χ4n) is 3.48. The summed E-state index contributed by atoms with van der Waals surface area (Å²) in [6.07, 6.45) is 2.35. The monoisotopic (exact) mass is 349 g/mol. The minimum atomic E-state index is -0.0775. The van der Waals surface area contributed by atoms with E-state index in [0.29, 0.717) is 11.3 Å². The van der Waals surface area contributed by atoms with Crippen molar-refractivity contribution in [3.8, 4) is 17.0 Å². The van der Waals surface area contributed by atoms with Crippen LogP contribution in [0, 0.1) is 5.92 Å². The molecule has 0 atom stereocenters. The van der Waals surface area contributed by atoms with Crippen molar-refractivity contribution in [1.29, 1.82) is 0 Å². The van der Waals surface area contributed by atoms with Crippen molar-refractivity contribution < 1.29 is 4.74 Å². The Morgan fingerprint density at radius 2 is 1.77 bits per heavy atom. The van der Waals surface area contributed by atoms with Crippen LogP contribution in [0.5, 0.6) is 5.75 Å². The molecule has 1 fully saturated rings. The number of aromatic nitrogens is 2. The van der Waals surface area contributed by atoms with Gasteiger partial charge >= 0.3 is 0 Å². The third-order valence-electron chi connectivity index (χ3n) is 5.03. The molecule has 1 saturated heterocycles. The normalized spacial score (nSPS) is 15.3. The Hall–Kier alpha value is -2.66. The molecular formula is C21H23N3O2. The Labute approximate surface area is 152 Å². The third-order valence-corrected chi connectivity index (χ3v) is 5.03. The van der Waals surface area contributed by atoms with E-state index < -0.39 is 0 Å². The molecule has 2 aromatic carbocycles. The molecule has 134 valence electrons. The highest BCUT2D eigenvalue weighted by molar-refractivity contribution is 5.93. The van der Waals surface area contributed by atoms with E-state index in [1.165, 1.54) is 17.5 Å². The van der Waals surface area contributed by atoms with Gasteiger partial charge in [0.05, 0.1) is 17.7 Å². The number of aryl methyl sites for hydroxylation is 1. The molecule has 0 amide bonds. The first-order valence-corrected chi connectivity index (χ1v) is 9.12. The number of rotatable bonds is 4.